The molecule has 0 spiro atoms. The van der Waals surface area contributed by atoms with Crippen LogP contribution in [0.2, 0.25) is 0 Å². The number of ether oxygens (including phenoxy) is 1. The summed E-state index contributed by atoms with van der Waals surface area (Å²) in [6, 6.07) is 0. The van der Waals surface area contributed by atoms with Crippen molar-refractivity contribution in [3.63, 3.8) is 0 Å². The Bertz CT molecular complexity index is 102. The normalized spacial score (nSPS) is 28.4. The zero-order valence-corrected chi connectivity index (χ0v) is 8.79. The highest BCUT2D eigenvalue weighted by Gasteiger charge is 2.16. The van der Waals surface area contributed by atoms with Crippen molar-refractivity contribution in [1.29, 1.82) is 0 Å². The average Bonchev–Trinajstić information content (AvgIpc) is 2.06. The minimum Gasteiger partial charge on any atom is -0.395 e. The molecule has 1 aliphatic heterocycles. The standard InChI is InChI=1S/C8H15IO2/c9-8(5-10)4-7-2-1-3-11-6-7/h7-8,10H,1-6H2/t7-,8+/m1/s1. The van der Waals surface area contributed by atoms with Gasteiger partial charge in [0, 0.05) is 17.1 Å². The number of rotatable bonds is 3. The first-order valence-corrected chi connectivity index (χ1v) is 5.40. The van der Waals surface area contributed by atoms with Gasteiger partial charge in [0.25, 0.3) is 0 Å². The molecule has 0 aromatic rings. The van der Waals surface area contributed by atoms with Crippen LogP contribution in [0.4, 0.5) is 0 Å². The number of aliphatic hydroxyl groups is 1. The molecule has 2 atom stereocenters. The molecule has 11 heavy (non-hydrogen) atoms. The van der Waals surface area contributed by atoms with Crippen LogP contribution in [-0.2, 0) is 4.74 Å². The van der Waals surface area contributed by atoms with E-state index in [1.165, 1.54) is 12.8 Å². The van der Waals surface area contributed by atoms with Gasteiger partial charge in [0.2, 0.25) is 0 Å². The second-order valence-corrected chi connectivity index (χ2v) is 4.86. The van der Waals surface area contributed by atoms with E-state index in [1.54, 1.807) is 0 Å². The van der Waals surface area contributed by atoms with Gasteiger partial charge in [0.15, 0.2) is 0 Å². The first-order chi connectivity index (χ1) is 5.33. The summed E-state index contributed by atoms with van der Waals surface area (Å²) in [5.74, 6) is 0.692. The van der Waals surface area contributed by atoms with Crippen LogP contribution in [0.3, 0.4) is 0 Å². The van der Waals surface area contributed by atoms with E-state index in [4.69, 9.17) is 9.84 Å². The largest absolute Gasteiger partial charge is 0.395 e. The van der Waals surface area contributed by atoms with Gasteiger partial charge in [-0.1, -0.05) is 22.6 Å². The van der Waals surface area contributed by atoms with E-state index < -0.39 is 0 Å². The molecule has 1 saturated heterocycles. The summed E-state index contributed by atoms with van der Waals surface area (Å²) in [6.07, 6.45) is 3.58. The quantitative estimate of drug-likeness (QED) is 0.623. The lowest BCUT2D eigenvalue weighted by Gasteiger charge is -2.23. The Morgan fingerprint density at radius 2 is 2.45 bits per heavy atom. The number of aliphatic hydroxyl groups excluding tert-OH is 1. The summed E-state index contributed by atoms with van der Waals surface area (Å²) >= 11 is 2.30. The first kappa shape index (κ1) is 9.74. The Morgan fingerprint density at radius 3 is 3.00 bits per heavy atom. The maximum absolute atomic E-state index is 8.82. The van der Waals surface area contributed by atoms with Crippen molar-refractivity contribution >= 4 is 22.6 Å². The molecule has 0 radical (unpaired) electrons. The Labute approximate surface area is 81.5 Å². The summed E-state index contributed by atoms with van der Waals surface area (Å²) in [7, 11) is 0. The molecule has 1 aliphatic rings. The van der Waals surface area contributed by atoms with E-state index >= 15 is 0 Å². The first-order valence-electron chi connectivity index (χ1n) is 4.15. The summed E-state index contributed by atoms with van der Waals surface area (Å²) in [6.45, 7) is 2.14. The van der Waals surface area contributed by atoms with Crippen LogP contribution in [0.25, 0.3) is 0 Å². The lowest BCUT2D eigenvalue weighted by molar-refractivity contribution is 0.0504. The molecule has 0 aliphatic carbocycles. The maximum Gasteiger partial charge on any atom is 0.0549 e. The van der Waals surface area contributed by atoms with Crippen molar-refractivity contribution in [2.45, 2.75) is 23.2 Å². The SMILES string of the molecule is OC[C@@H](I)C[C@H]1CCCOC1. The molecule has 0 unspecified atom stereocenters. The molecule has 0 bridgehead atoms. The van der Waals surface area contributed by atoms with E-state index in [0.717, 1.165) is 19.6 Å². The maximum atomic E-state index is 8.82. The molecule has 3 heteroatoms. The molecule has 0 aromatic carbocycles. The molecule has 1 N–H and O–H groups in total. The van der Waals surface area contributed by atoms with Crippen molar-refractivity contribution in [2.75, 3.05) is 19.8 Å². The number of alkyl halides is 1. The third-order valence-corrected chi connectivity index (χ3v) is 2.94. The van der Waals surface area contributed by atoms with Crippen LogP contribution in [0.1, 0.15) is 19.3 Å². The third kappa shape index (κ3) is 3.71. The highest BCUT2D eigenvalue weighted by Crippen LogP contribution is 2.21. The van der Waals surface area contributed by atoms with Gasteiger partial charge in [-0.05, 0) is 25.2 Å². The van der Waals surface area contributed by atoms with Gasteiger partial charge in [0.05, 0.1) is 6.61 Å². The molecular weight excluding hydrogens is 255 g/mol. The van der Waals surface area contributed by atoms with Crippen molar-refractivity contribution in [3.05, 3.63) is 0 Å². The molecule has 1 heterocycles. The number of hydrogen-bond acceptors (Lipinski definition) is 2. The van der Waals surface area contributed by atoms with E-state index in [-0.39, 0.29) is 0 Å². The highest BCUT2D eigenvalue weighted by atomic mass is 127. The van der Waals surface area contributed by atoms with Gasteiger partial charge < -0.3 is 9.84 Å². The minimum absolute atomic E-state index is 0.303. The van der Waals surface area contributed by atoms with Crippen LogP contribution in [0.5, 0.6) is 0 Å². The van der Waals surface area contributed by atoms with Gasteiger partial charge in [-0.3, -0.25) is 0 Å². The average molecular weight is 270 g/mol. The van der Waals surface area contributed by atoms with Gasteiger partial charge in [0.1, 0.15) is 0 Å². The van der Waals surface area contributed by atoms with E-state index in [2.05, 4.69) is 22.6 Å². The summed E-state index contributed by atoms with van der Waals surface area (Å²) in [5, 5.41) is 8.82. The molecule has 1 fully saturated rings. The van der Waals surface area contributed by atoms with E-state index in [0.29, 0.717) is 16.4 Å². The highest BCUT2D eigenvalue weighted by molar-refractivity contribution is 14.1. The van der Waals surface area contributed by atoms with Gasteiger partial charge in [-0.25, -0.2) is 0 Å². The molecule has 1 rings (SSSR count). The predicted octanol–water partition coefficient (Wildman–Crippen LogP) is 1.60. The fraction of sp³-hybridized carbons (Fsp3) is 1.00. The van der Waals surface area contributed by atoms with Crippen LogP contribution >= 0.6 is 22.6 Å². The van der Waals surface area contributed by atoms with Crippen LogP contribution in [0, 0.1) is 5.92 Å². The molecule has 66 valence electrons. The molecule has 0 amide bonds. The smallest absolute Gasteiger partial charge is 0.0549 e. The van der Waals surface area contributed by atoms with Crippen LogP contribution < -0.4 is 0 Å². The summed E-state index contributed by atoms with van der Waals surface area (Å²) in [5.41, 5.74) is 0. The third-order valence-electron chi connectivity index (χ3n) is 2.04. The van der Waals surface area contributed by atoms with Crippen molar-refractivity contribution in [3.8, 4) is 0 Å². The Morgan fingerprint density at radius 1 is 1.64 bits per heavy atom. The van der Waals surface area contributed by atoms with Gasteiger partial charge in [-0.2, -0.15) is 0 Å². The Balaban J connectivity index is 2.13. The molecule has 2 nitrogen and oxygen atoms in total. The lowest BCUT2D eigenvalue weighted by Crippen LogP contribution is -2.21. The topological polar surface area (TPSA) is 29.5 Å². The number of halogens is 1. The molecule has 0 aromatic heterocycles. The monoisotopic (exact) mass is 270 g/mol. The zero-order valence-electron chi connectivity index (χ0n) is 6.63. The molecule has 0 saturated carbocycles. The molecular formula is C8H15IO2. The second kappa shape index (κ2) is 5.32. The van der Waals surface area contributed by atoms with Crippen LogP contribution in [0.15, 0.2) is 0 Å². The Hall–Kier alpha value is 0.650. The van der Waals surface area contributed by atoms with Gasteiger partial charge in [-0.15, -0.1) is 0 Å². The summed E-state index contributed by atoms with van der Waals surface area (Å²) in [4.78, 5) is 0. The fourth-order valence-corrected chi connectivity index (χ4v) is 2.15. The van der Waals surface area contributed by atoms with Gasteiger partial charge >= 0.3 is 0 Å². The Kier molecular flexibility index (Phi) is 4.71. The minimum atomic E-state index is 0.303. The predicted molar refractivity (Wildman–Crippen MR) is 53.1 cm³/mol. The van der Waals surface area contributed by atoms with E-state index in [9.17, 15) is 0 Å². The van der Waals surface area contributed by atoms with Crippen molar-refractivity contribution < 1.29 is 9.84 Å². The summed E-state index contributed by atoms with van der Waals surface area (Å²) < 4.78 is 5.76. The number of hydrogen-bond donors (Lipinski definition) is 1. The fourth-order valence-electron chi connectivity index (χ4n) is 1.43. The zero-order chi connectivity index (χ0) is 8.10. The van der Waals surface area contributed by atoms with E-state index in [1.807, 2.05) is 0 Å². The second-order valence-electron chi connectivity index (χ2n) is 3.10. The van der Waals surface area contributed by atoms with Crippen molar-refractivity contribution in [1.82, 2.24) is 0 Å². The lowest BCUT2D eigenvalue weighted by atomic mass is 9.97. The van der Waals surface area contributed by atoms with Crippen LogP contribution in [-0.4, -0.2) is 28.9 Å². The van der Waals surface area contributed by atoms with Crippen molar-refractivity contribution in [2.24, 2.45) is 5.92 Å².